The van der Waals surface area contributed by atoms with Crippen molar-refractivity contribution in [2.75, 3.05) is 33.7 Å². The van der Waals surface area contributed by atoms with Crippen LogP contribution in [-0.4, -0.2) is 56.6 Å². The summed E-state index contributed by atoms with van der Waals surface area (Å²) in [5.74, 6) is -2.36. The van der Waals surface area contributed by atoms with Gasteiger partial charge in [-0.1, -0.05) is 25.5 Å². The molecule has 0 N–H and O–H groups in total. The summed E-state index contributed by atoms with van der Waals surface area (Å²) in [5, 5.41) is 0. The van der Waals surface area contributed by atoms with Crippen molar-refractivity contribution in [2.45, 2.75) is 35.7 Å². The number of nitrogens with zero attached hydrogens (tertiary/aromatic N) is 1. The van der Waals surface area contributed by atoms with Gasteiger partial charge in [-0.25, -0.2) is 0 Å². The molecule has 0 saturated heterocycles. The Balaban J connectivity index is 2.41. The number of halogens is 3. The molecular weight excluding hydrogens is 538 g/mol. The molecular formula is C23H27F3NO6PS2. The number of hydrogen-bond acceptors (Lipinski definition) is 8. The van der Waals surface area contributed by atoms with E-state index >= 15 is 0 Å². The van der Waals surface area contributed by atoms with E-state index in [1.165, 1.54) is 14.2 Å². The van der Waals surface area contributed by atoms with E-state index in [2.05, 4.69) is 0 Å². The molecule has 0 heterocycles. The van der Waals surface area contributed by atoms with E-state index in [1.807, 2.05) is 6.92 Å². The zero-order chi connectivity index (χ0) is 26.8. The molecule has 0 aliphatic carbocycles. The van der Waals surface area contributed by atoms with Gasteiger partial charge in [0.15, 0.2) is 0 Å². The Morgan fingerprint density at radius 1 is 0.972 bits per heavy atom. The van der Waals surface area contributed by atoms with Crippen LogP contribution in [0.25, 0.3) is 0 Å². The molecule has 36 heavy (non-hydrogen) atoms. The van der Waals surface area contributed by atoms with Gasteiger partial charge in [0, 0.05) is 9.79 Å². The molecule has 0 unspecified atom stereocenters. The normalized spacial score (nSPS) is 11.6. The Morgan fingerprint density at radius 2 is 1.50 bits per heavy atom. The predicted octanol–water partition coefficient (Wildman–Crippen LogP) is 6.47. The average molecular weight is 566 g/mol. The molecule has 0 aliphatic rings. The number of rotatable bonds is 13. The zero-order valence-corrected chi connectivity index (χ0v) is 22.5. The van der Waals surface area contributed by atoms with Gasteiger partial charge in [-0.05, 0) is 65.6 Å². The second kappa shape index (κ2) is 13.9. The first-order chi connectivity index (χ1) is 17.0. The molecule has 2 aromatic carbocycles. The van der Waals surface area contributed by atoms with Crippen LogP contribution in [0.2, 0.25) is 0 Å². The van der Waals surface area contributed by atoms with Gasteiger partial charge in [0.05, 0.1) is 27.1 Å². The van der Waals surface area contributed by atoms with Crippen LogP contribution in [0.3, 0.4) is 0 Å². The number of amides is 1. The van der Waals surface area contributed by atoms with Crippen LogP contribution in [-0.2, 0) is 18.9 Å². The van der Waals surface area contributed by atoms with E-state index in [0.29, 0.717) is 34.1 Å². The topological polar surface area (TPSA) is 82.1 Å². The molecule has 0 saturated carbocycles. The quantitative estimate of drug-likeness (QED) is 0.155. The summed E-state index contributed by atoms with van der Waals surface area (Å²) in [6.07, 6.45) is -4.87. The lowest BCUT2D eigenvalue weighted by atomic mass is 10.3. The van der Waals surface area contributed by atoms with Gasteiger partial charge in [0.2, 0.25) is 5.55 Å². The number of benzene rings is 2. The standard InChI is InChI=1S/C23H27F3NO6PS2/c1-4-5-12-33-21(28)15-27(22(29)23(24,25)26)16-34(30,35-19-10-6-8-17(13-19)31-2)36-20-11-7-9-18(14-20)32-3/h6-11,13-14H,4-5,12,15-16H2,1-3H3. The largest absolute Gasteiger partial charge is 0.497 e. The number of esters is 1. The van der Waals surface area contributed by atoms with E-state index in [4.69, 9.17) is 14.2 Å². The van der Waals surface area contributed by atoms with Crippen molar-refractivity contribution in [3.63, 3.8) is 0 Å². The highest BCUT2D eigenvalue weighted by Gasteiger charge is 2.45. The van der Waals surface area contributed by atoms with E-state index in [1.54, 1.807) is 48.5 Å². The number of carbonyl (C=O) groups is 2. The van der Waals surface area contributed by atoms with Crippen molar-refractivity contribution in [3.8, 4) is 11.5 Å². The highest BCUT2D eigenvalue weighted by Crippen LogP contribution is 2.73. The smallest absolute Gasteiger partial charge is 0.471 e. The van der Waals surface area contributed by atoms with Crippen molar-refractivity contribution in [1.29, 1.82) is 0 Å². The van der Waals surface area contributed by atoms with Gasteiger partial charge in [-0.3, -0.25) is 14.2 Å². The number of methoxy groups -OCH3 is 2. The molecule has 0 fully saturated rings. The summed E-state index contributed by atoms with van der Waals surface area (Å²) < 4.78 is 69.7. The second-order valence-electron chi connectivity index (χ2n) is 7.37. The lowest BCUT2D eigenvalue weighted by Gasteiger charge is -2.27. The van der Waals surface area contributed by atoms with Crippen LogP contribution >= 0.6 is 28.3 Å². The number of hydrogen-bond donors (Lipinski definition) is 0. The molecule has 0 atom stereocenters. The van der Waals surface area contributed by atoms with E-state index in [0.717, 1.165) is 22.8 Å². The first-order valence-corrected chi connectivity index (χ1v) is 15.5. The fourth-order valence-corrected chi connectivity index (χ4v) is 10.7. The summed E-state index contributed by atoms with van der Waals surface area (Å²) >= 11 is 1.64. The van der Waals surface area contributed by atoms with Gasteiger partial charge in [0.1, 0.15) is 18.0 Å². The third-order valence-corrected chi connectivity index (χ3v) is 11.7. The Bertz CT molecular complexity index is 1030. The molecule has 2 rings (SSSR count). The first-order valence-electron chi connectivity index (χ1n) is 10.8. The molecule has 0 radical (unpaired) electrons. The van der Waals surface area contributed by atoms with Crippen LogP contribution in [0.1, 0.15) is 19.8 Å². The third-order valence-electron chi connectivity index (χ3n) is 4.53. The molecule has 1 amide bonds. The van der Waals surface area contributed by atoms with Gasteiger partial charge >= 0.3 is 18.1 Å². The SMILES string of the molecule is CCCCOC(=O)CN(CP(=O)(Sc1cccc(OC)c1)Sc1cccc(OC)c1)C(=O)C(F)(F)F. The lowest BCUT2D eigenvalue weighted by Crippen LogP contribution is -2.44. The lowest BCUT2D eigenvalue weighted by molar-refractivity contribution is -0.186. The highest BCUT2D eigenvalue weighted by atomic mass is 33.1. The highest BCUT2D eigenvalue weighted by molar-refractivity contribution is 8.90. The summed E-state index contributed by atoms with van der Waals surface area (Å²) in [6, 6.07) is 13.0. The number of alkyl halides is 3. The molecule has 0 spiro atoms. The summed E-state index contributed by atoms with van der Waals surface area (Å²) in [6.45, 7) is 0.886. The Labute approximate surface area is 215 Å². The Kier molecular flexibility index (Phi) is 11.5. The number of unbranched alkanes of at least 4 members (excludes halogenated alkanes) is 1. The fraction of sp³-hybridized carbons (Fsp3) is 0.391. The van der Waals surface area contributed by atoms with Gasteiger partial charge < -0.3 is 19.1 Å². The van der Waals surface area contributed by atoms with Crippen LogP contribution < -0.4 is 9.47 Å². The van der Waals surface area contributed by atoms with Crippen LogP contribution in [0.5, 0.6) is 11.5 Å². The Hall–Kier alpha value is -2.30. The zero-order valence-electron chi connectivity index (χ0n) is 19.9. The summed E-state index contributed by atoms with van der Waals surface area (Å²) in [7, 11) is 2.89. The number of ether oxygens (including phenoxy) is 3. The molecule has 0 bridgehead atoms. The van der Waals surface area contributed by atoms with E-state index in [9.17, 15) is 27.3 Å². The van der Waals surface area contributed by atoms with Gasteiger partial charge in [-0.15, -0.1) is 0 Å². The van der Waals surface area contributed by atoms with E-state index in [-0.39, 0.29) is 11.5 Å². The third kappa shape index (κ3) is 9.63. The molecule has 0 aromatic heterocycles. The van der Waals surface area contributed by atoms with Crippen LogP contribution in [0.4, 0.5) is 13.2 Å². The van der Waals surface area contributed by atoms with E-state index < -0.39 is 36.4 Å². The van der Waals surface area contributed by atoms with Crippen molar-refractivity contribution in [3.05, 3.63) is 48.5 Å². The van der Waals surface area contributed by atoms with Crippen molar-refractivity contribution in [2.24, 2.45) is 0 Å². The van der Waals surface area contributed by atoms with Crippen molar-refractivity contribution in [1.82, 2.24) is 4.90 Å². The average Bonchev–Trinajstić information content (AvgIpc) is 2.82. The van der Waals surface area contributed by atoms with Crippen LogP contribution in [0, 0.1) is 0 Å². The predicted molar refractivity (Wildman–Crippen MR) is 134 cm³/mol. The van der Waals surface area contributed by atoms with Gasteiger partial charge in [0.25, 0.3) is 0 Å². The molecule has 13 heteroatoms. The minimum Gasteiger partial charge on any atom is -0.497 e. The fourth-order valence-electron chi connectivity index (χ4n) is 2.82. The summed E-state index contributed by atoms with van der Waals surface area (Å²) in [5.41, 5.74) is -3.77. The minimum atomic E-state index is -5.27. The second-order valence-corrected chi connectivity index (χ2v) is 15.5. The maximum Gasteiger partial charge on any atom is 0.471 e. The maximum atomic E-state index is 14.2. The van der Waals surface area contributed by atoms with Crippen molar-refractivity contribution < 1.29 is 41.5 Å². The molecule has 7 nitrogen and oxygen atoms in total. The molecule has 0 aliphatic heterocycles. The monoisotopic (exact) mass is 565 g/mol. The summed E-state index contributed by atoms with van der Waals surface area (Å²) in [4.78, 5) is 25.6. The molecule has 198 valence electrons. The van der Waals surface area contributed by atoms with Crippen molar-refractivity contribution >= 4 is 40.2 Å². The first kappa shape index (κ1) is 29.9. The molecule has 2 aromatic rings. The van der Waals surface area contributed by atoms with Crippen LogP contribution in [0.15, 0.2) is 58.3 Å². The number of carbonyl (C=O) groups excluding carboxylic acids is 2. The Morgan fingerprint density at radius 3 is 1.94 bits per heavy atom. The maximum absolute atomic E-state index is 14.2. The minimum absolute atomic E-state index is 0.0121. The van der Waals surface area contributed by atoms with Gasteiger partial charge in [-0.2, -0.15) is 13.2 Å².